The van der Waals surface area contributed by atoms with Gasteiger partial charge in [0.15, 0.2) is 0 Å². The molecule has 1 aliphatic rings. The van der Waals surface area contributed by atoms with E-state index in [2.05, 4.69) is 39.6 Å². The summed E-state index contributed by atoms with van der Waals surface area (Å²) in [6.07, 6.45) is 11.7. The number of aliphatic carboxylic acids is 1. The van der Waals surface area contributed by atoms with Gasteiger partial charge in [0.25, 0.3) is 0 Å². The molecule has 0 radical (unpaired) electrons. The van der Waals surface area contributed by atoms with Crippen LogP contribution in [0.4, 0.5) is 0 Å². The molecule has 43 heavy (non-hydrogen) atoms. The average molecular weight is 606 g/mol. The summed E-state index contributed by atoms with van der Waals surface area (Å²) in [5.41, 5.74) is 9.54. The molecule has 0 saturated heterocycles. The van der Waals surface area contributed by atoms with Crippen LogP contribution in [-0.2, 0) is 26.6 Å². The van der Waals surface area contributed by atoms with Crippen molar-refractivity contribution >= 4 is 36.1 Å². The number of nitrogens with one attached hydrogen (secondary N) is 4. The first-order valence-corrected chi connectivity index (χ1v) is 15.3. The van der Waals surface area contributed by atoms with Crippen LogP contribution >= 0.6 is 11.9 Å². The zero-order chi connectivity index (χ0) is 31.3. The summed E-state index contributed by atoms with van der Waals surface area (Å²) < 4.78 is 3.33. The van der Waals surface area contributed by atoms with Gasteiger partial charge in [0.05, 0.1) is 6.04 Å². The molecule has 0 bridgehead atoms. The summed E-state index contributed by atoms with van der Waals surface area (Å²) in [6.45, 7) is 2.46. The van der Waals surface area contributed by atoms with E-state index >= 15 is 0 Å². The van der Waals surface area contributed by atoms with Crippen LogP contribution in [0.2, 0.25) is 0 Å². The van der Waals surface area contributed by atoms with Crippen molar-refractivity contribution in [3.63, 3.8) is 0 Å². The molecule has 7 N–H and O–H groups in total. The molecule has 1 aliphatic carbocycles. The van der Waals surface area contributed by atoms with E-state index in [1.807, 2.05) is 61.5 Å². The Kier molecular flexibility index (Phi) is 16.9. The fourth-order valence-electron chi connectivity index (χ4n) is 4.13. The number of carboxylic acid groups (broad SMARTS) is 1. The maximum Gasteiger partial charge on any atom is 0.303 e. The number of hydrogen-bond donors (Lipinski definition) is 6. The molecular weight excluding hydrogens is 562 g/mol. The lowest BCUT2D eigenvalue weighted by Gasteiger charge is -2.21. The van der Waals surface area contributed by atoms with Gasteiger partial charge in [-0.1, -0.05) is 96.9 Å². The molecule has 2 amide bonds. The summed E-state index contributed by atoms with van der Waals surface area (Å²) in [6, 6.07) is 19.9. The molecule has 0 saturated carbocycles. The minimum absolute atomic E-state index is 0.0377. The number of rotatable bonds is 17. The van der Waals surface area contributed by atoms with Gasteiger partial charge in [-0.25, -0.2) is 0 Å². The van der Waals surface area contributed by atoms with Crippen LogP contribution < -0.4 is 21.1 Å². The van der Waals surface area contributed by atoms with E-state index in [9.17, 15) is 14.4 Å². The highest BCUT2D eigenvalue weighted by Crippen LogP contribution is 2.13. The minimum atomic E-state index is -0.803. The third-order valence-electron chi connectivity index (χ3n) is 6.50. The van der Waals surface area contributed by atoms with Gasteiger partial charge in [0.1, 0.15) is 5.84 Å². The SMILES string of the molecule is CC(CCCC(=O)O)NC(=O)C(CCc1ccccc1)NSCc1ccccc1.N=C(N)C1=CC=C(CNC=O)CC=C1. The van der Waals surface area contributed by atoms with Gasteiger partial charge in [-0.2, -0.15) is 0 Å². The van der Waals surface area contributed by atoms with Crippen LogP contribution in [0.25, 0.3) is 0 Å². The molecule has 0 fully saturated rings. The van der Waals surface area contributed by atoms with Gasteiger partial charge in [-0.05, 0) is 55.7 Å². The largest absolute Gasteiger partial charge is 0.481 e. The van der Waals surface area contributed by atoms with E-state index in [0.717, 1.165) is 24.2 Å². The van der Waals surface area contributed by atoms with E-state index in [0.29, 0.717) is 37.8 Å². The number of allylic oxidation sites excluding steroid dienone is 3. The Balaban J connectivity index is 0.000000385. The smallest absolute Gasteiger partial charge is 0.303 e. The van der Waals surface area contributed by atoms with E-state index in [4.69, 9.17) is 16.2 Å². The second-order valence-corrected chi connectivity index (χ2v) is 10.9. The highest BCUT2D eigenvalue weighted by atomic mass is 32.2. The Hall–Kier alpha value is -4.15. The first-order chi connectivity index (χ1) is 20.8. The lowest BCUT2D eigenvalue weighted by atomic mass is 10.0. The molecule has 0 spiro atoms. The number of carboxylic acids is 1. The number of amides is 2. The van der Waals surface area contributed by atoms with Crippen molar-refractivity contribution in [2.24, 2.45) is 5.73 Å². The molecule has 0 aliphatic heterocycles. The zero-order valence-electron chi connectivity index (χ0n) is 24.6. The first kappa shape index (κ1) is 35.0. The summed E-state index contributed by atoms with van der Waals surface area (Å²) in [5, 5.41) is 21.6. The van der Waals surface area contributed by atoms with Crippen molar-refractivity contribution in [1.82, 2.24) is 15.4 Å². The normalized spacial score (nSPS) is 13.6. The molecular formula is C33H43N5O4S. The molecule has 3 rings (SSSR count). The summed E-state index contributed by atoms with van der Waals surface area (Å²) in [7, 11) is 0. The van der Waals surface area contributed by atoms with Gasteiger partial charge in [-0.3, -0.25) is 24.5 Å². The third kappa shape index (κ3) is 15.6. The quantitative estimate of drug-likeness (QED) is 0.0662. The van der Waals surface area contributed by atoms with Crippen LogP contribution in [0.5, 0.6) is 0 Å². The first-order valence-electron chi connectivity index (χ1n) is 14.3. The number of hydrogen-bond acceptors (Lipinski definition) is 6. The predicted molar refractivity (Wildman–Crippen MR) is 174 cm³/mol. The molecule has 230 valence electrons. The Morgan fingerprint density at radius 3 is 2.35 bits per heavy atom. The molecule has 2 aromatic rings. The summed E-state index contributed by atoms with van der Waals surface area (Å²) >= 11 is 1.54. The molecule has 2 unspecified atom stereocenters. The van der Waals surface area contributed by atoms with Crippen LogP contribution in [0.15, 0.2) is 96.1 Å². The van der Waals surface area contributed by atoms with E-state index in [-0.39, 0.29) is 30.2 Å². The molecule has 10 heteroatoms. The fourth-order valence-corrected chi connectivity index (χ4v) is 4.99. The number of carbonyl (C=O) groups is 3. The van der Waals surface area contributed by atoms with E-state index < -0.39 is 5.97 Å². The molecule has 0 aromatic heterocycles. The number of carbonyl (C=O) groups excluding carboxylic acids is 2. The molecule has 0 heterocycles. The highest BCUT2D eigenvalue weighted by Gasteiger charge is 2.20. The topological polar surface area (TPSA) is 157 Å². The van der Waals surface area contributed by atoms with Gasteiger partial charge >= 0.3 is 5.97 Å². The Morgan fingerprint density at radius 2 is 1.72 bits per heavy atom. The Bertz CT molecular complexity index is 1250. The van der Waals surface area contributed by atoms with Crippen LogP contribution in [-0.4, -0.2) is 47.9 Å². The lowest BCUT2D eigenvalue weighted by Crippen LogP contribution is -2.45. The van der Waals surface area contributed by atoms with Crippen molar-refractivity contribution in [3.8, 4) is 0 Å². The second kappa shape index (κ2) is 20.7. The Labute approximate surface area is 258 Å². The molecule has 9 nitrogen and oxygen atoms in total. The fraction of sp³-hybridized carbons (Fsp3) is 0.333. The van der Waals surface area contributed by atoms with Crippen molar-refractivity contribution in [1.29, 1.82) is 5.41 Å². The van der Waals surface area contributed by atoms with Crippen molar-refractivity contribution < 1.29 is 19.5 Å². The van der Waals surface area contributed by atoms with Gasteiger partial charge < -0.3 is 21.5 Å². The number of benzene rings is 2. The van der Waals surface area contributed by atoms with Gasteiger partial charge in [0.2, 0.25) is 12.3 Å². The van der Waals surface area contributed by atoms with Crippen LogP contribution in [0.1, 0.15) is 50.2 Å². The maximum absolute atomic E-state index is 12.8. The number of aryl methyl sites for hydroxylation is 1. The average Bonchev–Trinajstić information content (AvgIpc) is 3.25. The van der Waals surface area contributed by atoms with Crippen LogP contribution in [0.3, 0.4) is 0 Å². The molecule has 2 atom stereocenters. The van der Waals surface area contributed by atoms with Crippen molar-refractivity contribution in [2.45, 2.75) is 63.3 Å². The standard InChI is InChI=1S/C23H30N2O3S.C10H13N3O/c1-18(9-8-14-22(26)27)24-23(28)21(16-15-19-10-4-2-5-11-19)25-29-17-20-12-6-3-7-13-20;11-10(12)9-3-1-2-8(4-5-9)6-13-7-14/h2-7,10-13,18,21,25H,8-9,14-17H2,1H3,(H,24,28)(H,26,27);1,3-5,7H,2,6H2,(H3,11,12)(H,13,14). The predicted octanol–water partition coefficient (Wildman–Crippen LogP) is 4.67. The highest BCUT2D eigenvalue weighted by molar-refractivity contribution is 7.96. The van der Waals surface area contributed by atoms with E-state index in [1.54, 1.807) is 6.08 Å². The minimum Gasteiger partial charge on any atom is -0.481 e. The zero-order valence-corrected chi connectivity index (χ0v) is 25.4. The third-order valence-corrected chi connectivity index (χ3v) is 7.43. The molecule has 2 aromatic carbocycles. The van der Waals surface area contributed by atoms with Crippen molar-refractivity contribution in [2.75, 3.05) is 6.54 Å². The van der Waals surface area contributed by atoms with E-state index in [1.165, 1.54) is 23.1 Å². The summed E-state index contributed by atoms with van der Waals surface area (Å²) in [5.74, 6) is -0.000858. The lowest BCUT2D eigenvalue weighted by molar-refractivity contribution is -0.137. The summed E-state index contributed by atoms with van der Waals surface area (Å²) in [4.78, 5) is 33.6. The van der Waals surface area contributed by atoms with Crippen LogP contribution in [0, 0.1) is 5.41 Å². The number of nitrogens with two attached hydrogens (primary N) is 1. The maximum atomic E-state index is 12.8. The van der Waals surface area contributed by atoms with Gasteiger partial charge in [-0.15, -0.1) is 0 Å². The van der Waals surface area contributed by atoms with Crippen molar-refractivity contribution in [3.05, 3.63) is 107 Å². The Morgan fingerprint density at radius 1 is 1.05 bits per heavy atom. The monoisotopic (exact) mass is 605 g/mol. The number of amidine groups is 1. The van der Waals surface area contributed by atoms with Gasteiger partial charge in [0, 0.05) is 30.3 Å². The second-order valence-electron chi connectivity index (χ2n) is 10.1.